The zero-order valence-electron chi connectivity index (χ0n) is 8.83. The molecule has 0 aromatic carbocycles. The third-order valence-corrected chi connectivity index (χ3v) is 2.47. The Morgan fingerprint density at radius 1 is 1.46 bits per heavy atom. The first-order valence-electron chi connectivity index (χ1n) is 4.69. The molecule has 0 aliphatic carbocycles. The smallest absolute Gasteiger partial charge is 0.0628 e. The molecule has 13 heavy (non-hydrogen) atoms. The highest BCUT2D eigenvalue weighted by atomic mass is 16.3. The van der Waals surface area contributed by atoms with Crippen molar-refractivity contribution >= 4 is 0 Å². The fourth-order valence-electron chi connectivity index (χ4n) is 1.53. The van der Waals surface area contributed by atoms with E-state index in [1.54, 1.807) is 0 Å². The van der Waals surface area contributed by atoms with E-state index in [1.165, 1.54) is 11.3 Å². The second-order valence-corrected chi connectivity index (χ2v) is 3.66. The van der Waals surface area contributed by atoms with Crippen LogP contribution in [0.3, 0.4) is 0 Å². The van der Waals surface area contributed by atoms with Crippen molar-refractivity contribution in [2.75, 3.05) is 0 Å². The molecule has 1 aromatic rings. The van der Waals surface area contributed by atoms with Crippen LogP contribution in [0.5, 0.6) is 0 Å². The summed E-state index contributed by atoms with van der Waals surface area (Å²) in [6.07, 6.45) is 1.51. The maximum atomic E-state index is 9.18. The van der Waals surface area contributed by atoms with Gasteiger partial charge in [-0.05, 0) is 39.2 Å². The number of hydrogen-bond donors (Lipinski definition) is 1. The highest BCUT2D eigenvalue weighted by molar-refractivity contribution is 5.24. The number of aliphatic hydroxyl groups is 1. The predicted molar refractivity (Wildman–Crippen MR) is 52.7 cm³/mol. The van der Waals surface area contributed by atoms with Gasteiger partial charge in [0.25, 0.3) is 0 Å². The SMILES string of the molecule is Cc1nn(C)c(C)c1CC[C@@H](C)O. The number of aryl methyl sites for hydroxylation is 2. The molecule has 1 rings (SSSR count). The molecule has 0 aliphatic rings. The summed E-state index contributed by atoms with van der Waals surface area (Å²) in [7, 11) is 1.95. The number of aliphatic hydroxyl groups excluding tert-OH is 1. The van der Waals surface area contributed by atoms with E-state index in [9.17, 15) is 5.11 Å². The third kappa shape index (κ3) is 2.31. The largest absolute Gasteiger partial charge is 0.393 e. The van der Waals surface area contributed by atoms with Gasteiger partial charge in [0.05, 0.1) is 11.8 Å². The van der Waals surface area contributed by atoms with Gasteiger partial charge in [-0.3, -0.25) is 4.68 Å². The molecule has 1 aromatic heterocycles. The maximum Gasteiger partial charge on any atom is 0.0628 e. The Balaban J connectivity index is 2.76. The third-order valence-electron chi connectivity index (χ3n) is 2.47. The van der Waals surface area contributed by atoms with Gasteiger partial charge in [-0.1, -0.05) is 0 Å². The molecule has 74 valence electrons. The lowest BCUT2D eigenvalue weighted by atomic mass is 10.1. The van der Waals surface area contributed by atoms with E-state index in [4.69, 9.17) is 0 Å². The van der Waals surface area contributed by atoms with Gasteiger partial charge >= 0.3 is 0 Å². The Hall–Kier alpha value is -0.830. The highest BCUT2D eigenvalue weighted by Gasteiger charge is 2.09. The summed E-state index contributed by atoms with van der Waals surface area (Å²) >= 11 is 0. The Morgan fingerprint density at radius 3 is 2.46 bits per heavy atom. The van der Waals surface area contributed by atoms with E-state index in [2.05, 4.69) is 12.0 Å². The number of rotatable bonds is 3. The van der Waals surface area contributed by atoms with Crippen LogP contribution in [-0.2, 0) is 13.5 Å². The minimum Gasteiger partial charge on any atom is -0.393 e. The standard InChI is InChI=1S/C10H18N2O/c1-7(13)5-6-10-8(2)11-12(4)9(10)3/h7,13H,5-6H2,1-4H3/t7-/m1/s1. The van der Waals surface area contributed by atoms with Gasteiger partial charge in [-0.25, -0.2) is 0 Å². The van der Waals surface area contributed by atoms with Gasteiger partial charge in [0, 0.05) is 12.7 Å². The second kappa shape index (κ2) is 3.92. The van der Waals surface area contributed by atoms with Gasteiger partial charge < -0.3 is 5.11 Å². The first-order chi connectivity index (χ1) is 6.02. The van der Waals surface area contributed by atoms with Gasteiger partial charge in [-0.2, -0.15) is 5.10 Å². The lowest BCUT2D eigenvalue weighted by Crippen LogP contribution is -2.02. The summed E-state index contributed by atoms with van der Waals surface area (Å²) in [6, 6.07) is 0. The van der Waals surface area contributed by atoms with Crippen molar-refractivity contribution in [2.24, 2.45) is 7.05 Å². The van der Waals surface area contributed by atoms with Crippen molar-refractivity contribution in [3.05, 3.63) is 17.0 Å². The molecule has 0 radical (unpaired) electrons. The van der Waals surface area contributed by atoms with Crippen LogP contribution in [0.15, 0.2) is 0 Å². The summed E-state index contributed by atoms with van der Waals surface area (Å²) in [5.74, 6) is 0. The van der Waals surface area contributed by atoms with Gasteiger partial charge in [0.2, 0.25) is 0 Å². The molecule has 3 nitrogen and oxygen atoms in total. The quantitative estimate of drug-likeness (QED) is 0.766. The first-order valence-corrected chi connectivity index (χ1v) is 4.69. The Kier molecular flexibility index (Phi) is 3.09. The monoisotopic (exact) mass is 182 g/mol. The molecule has 0 bridgehead atoms. The van der Waals surface area contributed by atoms with E-state index in [0.717, 1.165) is 18.5 Å². The normalized spacial score (nSPS) is 13.3. The molecular formula is C10H18N2O. The lowest BCUT2D eigenvalue weighted by Gasteiger charge is -2.04. The number of hydrogen-bond acceptors (Lipinski definition) is 2. The van der Waals surface area contributed by atoms with E-state index in [0.29, 0.717) is 0 Å². The molecule has 0 unspecified atom stereocenters. The summed E-state index contributed by atoms with van der Waals surface area (Å²) in [5, 5.41) is 13.5. The zero-order chi connectivity index (χ0) is 10.0. The van der Waals surface area contributed by atoms with Crippen LogP contribution >= 0.6 is 0 Å². The van der Waals surface area contributed by atoms with Gasteiger partial charge in [0.1, 0.15) is 0 Å². The van der Waals surface area contributed by atoms with E-state index in [1.807, 2.05) is 25.6 Å². The number of aromatic nitrogens is 2. The van der Waals surface area contributed by atoms with Crippen LogP contribution in [-0.4, -0.2) is 21.0 Å². The van der Waals surface area contributed by atoms with Crippen molar-refractivity contribution in [3.8, 4) is 0 Å². The van der Waals surface area contributed by atoms with Gasteiger partial charge in [-0.15, -0.1) is 0 Å². The fraction of sp³-hybridized carbons (Fsp3) is 0.700. The second-order valence-electron chi connectivity index (χ2n) is 3.66. The predicted octanol–water partition coefficient (Wildman–Crippen LogP) is 1.35. The summed E-state index contributed by atoms with van der Waals surface area (Å²) in [4.78, 5) is 0. The van der Waals surface area contributed by atoms with Crippen molar-refractivity contribution in [1.29, 1.82) is 0 Å². The molecule has 0 aliphatic heterocycles. The molecular weight excluding hydrogens is 164 g/mol. The summed E-state index contributed by atoms with van der Waals surface area (Å²) in [6.45, 7) is 5.91. The van der Waals surface area contributed by atoms with Crippen molar-refractivity contribution in [1.82, 2.24) is 9.78 Å². The molecule has 0 saturated carbocycles. The van der Waals surface area contributed by atoms with Crippen molar-refractivity contribution in [2.45, 2.75) is 39.7 Å². The minimum atomic E-state index is -0.223. The molecule has 1 N–H and O–H groups in total. The average molecular weight is 182 g/mol. The molecule has 3 heteroatoms. The zero-order valence-corrected chi connectivity index (χ0v) is 8.83. The molecule has 0 spiro atoms. The average Bonchev–Trinajstić information content (AvgIpc) is 2.24. The van der Waals surface area contributed by atoms with Crippen LogP contribution in [0.4, 0.5) is 0 Å². The van der Waals surface area contributed by atoms with Crippen molar-refractivity contribution < 1.29 is 5.11 Å². The lowest BCUT2D eigenvalue weighted by molar-refractivity contribution is 0.185. The van der Waals surface area contributed by atoms with Crippen LogP contribution in [0.2, 0.25) is 0 Å². The van der Waals surface area contributed by atoms with Gasteiger partial charge in [0.15, 0.2) is 0 Å². The first kappa shape index (κ1) is 10.3. The molecule has 0 amide bonds. The molecule has 1 atom stereocenters. The van der Waals surface area contributed by atoms with E-state index >= 15 is 0 Å². The summed E-state index contributed by atoms with van der Waals surface area (Å²) in [5.41, 5.74) is 3.57. The molecule has 0 fully saturated rings. The van der Waals surface area contributed by atoms with E-state index in [-0.39, 0.29) is 6.10 Å². The van der Waals surface area contributed by atoms with Crippen LogP contribution < -0.4 is 0 Å². The van der Waals surface area contributed by atoms with E-state index < -0.39 is 0 Å². The van der Waals surface area contributed by atoms with Crippen LogP contribution in [0, 0.1) is 13.8 Å². The Labute approximate surface area is 79.4 Å². The Bertz CT molecular complexity index is 289. The van der Waals surface area contributed by atoms with Crippen molar-refractivity contribution in [3.63, 3.8) is 0 Å². The topological polar surface area (TPSA) is 38.0 Å². The van der Waals surface area contributed by atoms with Crippen LogP contribution in [0.1, 0.15) is 30.3 Å². The maximum absolute atomic E-state index is 9.18. The highest BCUT2D eigenvalue weighted by Crippen LogP contribution is 2.14. The minimum absolute atomic E-state index is 0.223. The fourth-order valence-corrected chi connectivity index (χ4v) is 1.53. The molecule has 0 saturated heterocycles. The Morgan fingerprint density at radius 2 is 2.08 bits per heavy atom. The number of nitrogens with zero attached hydrogens (tertiary/aromatic N) is 2. The van der Waals surface area contributed by atoms with Crippen LogP contribution in [0.25, 0.3) is 0 Å². The molecule has 1 heterocycles. The summed E-state index contributed by atoms with van der Waals surface area (Å²) < 4.78 is 1.90.